The number of phenolic OH excluding ortho intramolecular Hbond substituents is 1. The minimum absolute atomic E-state index is 0.0529. The smallest absolute Gasteiger partial charge is 0.323 e. The van der Waals surface area contributed by atoms with Crippen molar-refractivity contribution in [1.82, 2.24) is 5.43 Å². The largest absolute Gasteiger partial charge is 0.504 e. The van der Waals surface area contributed by atoms with Gasteiger partial charge in [0.05, 0.1) is 23.8 Å². The average molecular weight is 373 g/mol. The Morgan fingerprint density at radius 1 is 1.30 bits per heavy atom. The summed E-state index contributed by atoms with van der Waals surface area (Å²) in [7, 11) is 1.20. The zero-order valence-electron chi connectivity index (χ0n) is 14.2. The molecule has 0 spiro atoms. The van der Waals surface area contributed by atoms with Gasteiger partial charge in [-0.2, -0.15) is 5.10 Å². The summed E-state index contributed by atoms with van der Waals surface area (Å²) in [6.45, 7) is 0.834. The van der Waals surface area contributed by atoms with Crippen molar-refractivity contribution in [1.29, 1.82) is 0 Å². The van der Waals surface area contributed by atoms with Crippen molar-refractivity contribution >= 4 is 17.8 Å². The summed E-state index contributed by atoms with van der Waals surface area (Å²) in [6.07, 6.45) is 1.09. The number of nitro groups is 1. The Morgan fingerprint density at radius 2 is 2.04 bits per heavy atom. The van der Waals surface area contributed by atoms with Gasteiger partial charge in [0.2, 0.25) is 5.75 Å². The van der Waals surface area contributed by atoms with Crippen LogP contribution in [0.25, 0.3) is 0 Å². The molecule has 2 aromatic rings. The van der Waals surface area contributed by atoms with Crippen LogP contribution in [0.15, 0.2) is 35.4 Å². The zero-order chi connectivity index (χ0) is 19.4. The number of nitrogens with one attached hydrogen (secondary N) is 1. The predicted molar refractivity (Wildman–Crippen MR) is 93.8 cm³/mol. The SMILES string of the molecule is COc1c(O)ccc(/C=N\NC(=O)c2ccc3c(c2)OCCO3)c1[N+](=O)[O-]. The third kappa shape index (κ3) is 3.73. The number of nitrogens with zero attached hydrogens (tertiary/aromatic N) is 2. The molecule has 2 aromatic carbocycles. The standard InChI is InChI=1S/C17H15N3O7/c1-25-16-12(21)4-2-11(15(16)20(23)24)9-18-19-17(22)10-3-5-13-14(8-10)27-7-6-26-13/h2-5,8-9,21H,6-7H2,1H3,(H,19,22)/b18-9-. The van der Waals surface area contributed by atoms with E-state index in [4.69, 9.17) is 14.2 Å². The number of rotatable bonds is 5. The van der Waals surface area contributed by atoms with Crippen LogP contribution in [0.2, 0.25) is 0 Å². The molecule has 0 bridgehead atoms. The van der Waals surface area contributed by atoms with Gasteiger partial charge in [0, 0.05) is 5.56 Å². The first-order valence-electron chi connectivity index (χ1n) is 7.78. The van der Waals surface area contributed by atoms with Gasteiger partial charge >= 0.3 is 5.69 Å². The van der Waals surface area contributed by atoms with E-state index in [2.05, 4.69) is 10.5 Å². The second-order valence-electron chi connectivity index (χ2n) is 5.37. The number of nitro benzene ring substituents is 1. The van der Waals surface area contributed by atoms with Crippen molar-refractivity contribution in [3.05, 3.63) is 51.6 Å². The summed E-state index contributed by atoms with van der Waals surface area (Å²) in [6, 6.07) is 7.20. The molecule has 1 aliphatic heterocycles. The van der Waals surface area contributed by atoms with Crippen molar-refractivity contribution in [2.75, 3.05) is 20.3 Å². The van der Waals surface area contributed by atoms with Crippen molar-refractivity contribution < 1.29 is 29.0 Å². The number of amides is 1. The highest BCUT2D eigenvalue weighted by Crippen LogP contribution is 2.38. The van der Waals surface area contributed by atoms with Gasteiger partial charge in [-0.1, -0.05) is 0 Å². The second kappa shape index (κ2) is 7.60. The molecular formula is C17H15N3O7. The average Bonchev–Trinajstić information content (AvgIpc) is 2.68. The number of fused-ring (bicyclic) bond motifs is 1. The Morgan fingerprint density at radius 3 is 2.74 bits per heavy atom. The van der Waals surface area contributed by atoms with Crippen LogP contribution in [0.5, 0.6) is 23.0 Å². The molecular weight excluding hydrogens is 358 g/mol. The van der Waals surface area contributed by atoms with Crippen LogP contribution < -0.4 is 19.6 Å². The van der Waals surface area contributed by atoms with Crippen LogP contribution in [0, 0.1) is 10.1 Å². The zero-order valence-corrected chi connectivity index (χ0v) is 14.2. The molecule has 0 radical (unpaired) electrons. The lowest BCUT2D eigenvalue weighted by Gasteiger charge is -2.18. The minimum atomic E-state index is -0.706. The van der Waals surface area contributed by atoms with Crippen LogP contribution in [-0.2, 0) is 0 Å². The summed E-state index contributed by atoms with van der Waals surface area (Å²) >= 11 is 0. The van der Waals surface area contributed by atoms with Crippen LogP contribution in [0.3, 0.4) is 0 Å². The van der Waals surface area contributed by atoms with E-state index in [0.717, 1.165) is 6.21 Å². The van der Waals surface area contributed by atoms with Gasteiger partial charge in [-0.3, -0.25) is 14.9 Å². The summed E-state index contributed by atoms with van der Waals surface area (Å²) in [5.41, 5.74) is 2.16. The molecule has 3 rings (SSSR count). The second-order valence-corrected chi connectivity index (χ2v) is 5.37. The fraction of sp³-hybridized carbons (Fsp3) is 0.176. The molecule has 27 heavy (non-hydrogen) atoms. The predicted octanol–water partition coefficient (Wildman–Crippen LogP) is 1.84. The first-order chi connectivity index (χ1) is 13.0. The Balaban J connectivity index is 1.78. The Bertz CT molecular complexity index is 927. The highest BCUT2D eigenvalue weighted by molar-refractivity contribution is 5.96. The number of hydrogen-bond donors (Lipinski definition) is 2. The van der Waals surface area contributed by atoms with Crippen molar-refractivity contribution in [3.8, 4) is 23.0 Å². The third-order valence-corrected chi connectivity index (χ3v) is 3.70. The maximum atomic E-state index is 12.2. The lowest BCUT2D eigenvalue weighted by molar-refractivity contribution is -0.386. The van der Waals surface area contributed by atoms with Gasteiger partial charge < -0.3 is 19.3 Å². The summed E-state index contributed by atoms with van der Waals surface area (Å²) in [5.74, 6) is -0.190. The van der Waals surface area contributed by atoms with E-state index in [1.54, 1.807) is 12.1 Å². The van der Waals surface area contributed by atoms with Crippen LogP contribution in [0.1, 0.15) is 15.9 Å². The number of phenols is 1. The van der Waals surface area contributed by atoms with Gasteiger partial charge in [0.25, 0.3) is 5.91 Å². The Hall–Kier alpha value is -3.82. The van der Waals surface area contributed by atoms with E-state index >= 15 is 0 Å². The summed E-state index contributed by atoms with van der Waals surface area (Å²) < 4.78 is 15.7. The molecule has 0 atom stereocenters. The molecule has 1 amide bonds. The van der Waals surface area contributed by atoms with Gasteiger partial charge in [0.15, 0.2) is 17.2 Å². The van der Waals surface area contributed by atoms with Gasteiger partial charge in [-0.25, -0.2) is 5.43 Å². The fourth-order valence-corrected chi connectivity index (χ4v) is 2.48. The normalized spacial score (nSPS) is 12.6. The van der Waals surface area contributed by atoms with E-state index in [9.17, 15) is 20.0 Å². The maximum absolute atomic E-state index is 12.2. The molecule has 140 valence electrons. The maximum Gasteiger partial charge on any atom is 0.323 e. The molecule has 1 aliphatic rings. The number of hydrazone groups is 1. The summed E-state index contributed by atoms with van der Waals surface area (Å²) in [4.78, 5) is 22.7. The molecule has 0 aliphatic carbocycles. The number of methoxy groups -OCH3 is 1. The Kier molecular flexibility index (Phi) is 5.06. The topological polar surface area (TPSA) is 133 Å². The molecule has 0 fully saturated rings. The van der Waals surface area contributed by atoms with E-state index in [1.807, 2.05) is 0 Å². The van der Waals surface area contributed by atoms with Gasteiger partial charge in [-0.15, -0.1) is 0 Å². The first-order valence-corrected chi connectivity index (χ1v) is 7.78. The van der Waals surface area contributed by atoms with Crippen molar-refractivity contribution in [3.63, 3.8) is 0 Å². The number of benzene rings is 2. The molecule has 0 unspecified atom stereocenters. The summed E-state index contributed by atoms with van der Waals surface area (Å²) in [5, 5.41) is 24.6. The highest BCUT2D eigenvalue weighted by atomic mass is 16.6. The number of carbonyl (C=O) groups excluding carboxylic acids is 1. The first kappa shape index (κ1) is 18.0. The van der Waals surface area contributed by atoms with Crippen molar-refractivity contribution in [2.45, 2.75) is 0 Å². The molecule has 10 heteroatoms. The Labute approximate surface area is 153 Å². The lowest BCUT2D eigenvalue weighted by Crippen LogP contribution is -2.19. The molecule has 0 saturated carbocycles. The van der Waals surface area contributed by atoms with E-state index in [1.165, 1.54) is 25.3 Å². The lowest BCUT2D eigenvalue weighted by atomic mass is 10.1. The van der Waals surface area contributed by atoms with E-state index < -0.39 is 16.5 Å². The van der Waals surface area contributed by atoms with Crippen molar-refractivity contribution in [2.24, 2.45) is 5.10 Å². The molecule has 0 saturated heterocycles. The molecule has 0 aromatic heterocycles. The molecule has 10 nitrogen and oxygen atoms in total. The highest BCUT2D eigenvalue weighted by Gasteiger charge is 2.23. The van der Waals surface area contributed by atoms with Gasteiger partial charge in [0.1, 0.15) is 13.2 Å². The third-order valence-electron chi connectivity index (χ3n) is 3.70. The quantitative estimate of drug-likeness (QED) is 0.464. The minimum Gasteiger partial charge on any atom is -0.504 e. The molecule has 1 heterocycles. The van der Waals surface area contributed by atoms with E-state index in [-0.39, 0.29) is 22.6 Å². The fourth-order valence-electron chi connectivity index (χ4n) is 2.48. The van der Waals surface area contributed by atoms with Crippen LogP contribution in [0.4, 0.5) is 5.69 Å². The monoisotopic (exact) mass is 373 g/mol. The number of aromatic hydroxyl groups is 1. The van der Waals surface area contributed by atoms with Crippen LogP contribution in [-0.4, -0.2) is 42.5 Å². The van der Waals surface area contributed by atoms with Crippen LogP contribution >= 0.6 is 0 Å². The number of carbonyl (C=O) groups is 1. The van der Waals surface area contributed by atoms with E-state index in [0.29, 0.717) is 24.7 Å². The van der Waals surface area contributed by atoms with Gasteiger partial charge in [-0.05, 0) is 30.3 Å². The number of ether oxygens (including phenoxy) is 3. The molecule has 2 N–H and O–H groups in total. The number of hydrogen-bond acceptors (Lipinski definition) is 8.